The van der Waals surface area contributed by atoms with E-state index >= 15 is 0 Å². The summed E-state index contributed by atoms with van der Waals surface area (Å²) in [6.45, 7) is 0. The predicted octanol–water partition coefficient (Wildman–Crippen LogP) is 5.20. The van der Waals surface area contributed by atoms with Gasteiger partial charge in [-0.25, -0.2) is 0 Å². The van der Waals surface area contributed by atoms with E-state index in [4.69, 9.17) is 23.2 Å². The molecule has 26 heavy (non-hydrogen) atoms. The second-order valence-corrected chi connectivity index (χ2v) is 9.78. The summed E-state index contributed by atoms with van der Waals surface area (Å²) in [6, 6.07) is 8.07. The molecule has 7 heteroatoms. The molecule has 0 heterocycles. The molecule has 5 rings (SSSR count). The molecule has 0 aromatic heterocycles. The Morgan fingerprint density at radius 3 is 2.42 bits per heavy atom. The van der Waals surface area contributed by atoms with Crippen LogP contribution in [0.15, 0.2) is 30.3 Å². The van der Waals surface area contributed by atoms with Crippen molar-refractivity contribution in [2.75, 3.05) is 0 Å². The molecule has 4 aliphatic rings. The smallest absolute Gasteiger partial charge is 0.341 e. The summed E-state index contributed by atoms with van der Waals surface area (Å²) in [6.07, 6.45) is -1.01. The van der Waals surface area contributed by atoms with Crippen LogP contribution in [0.5, 0.6) is 0 Å². The lowest BCUT2D eigenvalue weighted by Crippen LogP contribution is -2.62. The lowest BCUT2D eigenvalue weighted by atomic mass is 9.49. The lowest BCUT2D eigenvalue weighted by molar-refractivity contribution is -0.175. The molecule has 1 aromatic rings. The number of carbonyl (C=O) groups is 1. The molecule has 2 unspecified atom stereocenters. The standard InChI is InChI=1S/C19H20Cl2F3NO/c20-17-7-11-6-13(9-17)14(18(21,8-11)10-17)15(12-4-2-1-3-5-12)25-16(26)19(22,23)24/h1-5,11,13-15H,6-10H2,(H,25,26)/t11?,13?,14-,15+,17+,18+/m1/s1. The Labute approximate surface area is 160 Å². The number of hydrogen-bond donors (Lipinski definition) is 1. The van der Waals surface area contributed by atoms with Gasteiger partial charge in [-0.3, -0.25) is 4.79 Å². The molecule has 142 valence electrons. The van der Waals surface area contributed by atoms with Crippen molar-refractivity contribution in [2.45, 2.75) is 54.1 Å². The molecule has 1 N–H and O–H groups in total. The van der Waals surface area contributed by atoms with Gasteiger partial charge in [-0.1, -0.05) is 30.3 Å². The molecule has 4 bridgehead atoms. The summed E-state index contributed by atoms with van der Waals surface area (Å²) in [5.74, 6) is -1.64. The van der Waals surface area contributed by atoms with Crippen molar-refractivity contribution >= 4 is 29.1 Å². The van der Waals surface area contributed by atoms with E-state index in [1.165, 1.54) is 0 Å². The van der Waals surface area contributed by atoms with Gasteiger partial charge >= 0.3 is 12.1 Å². The number of nitrogens with one attached hydrogen (secondary N) is 1. The van der Waals surface area contributed by atoms with Crippen LogP contribution in [-0.4, -0.2) is 21.8 Å². The van der Waals surface area contributed by atoms with Crippen molar-refractivity contribution in [2.24, 2.45) is 17.8 Å². The highest BCUT2D eigenvalue weighted by atomic mass is 35.5. The summed E-state index contributed by atoms with van der Waals surface area (Å²) in [4.78, 5) is 10.7. The Bertz CT molecular complexity index is 712. The van der Waals surface area contributed by atoms with Crippen LogP contribution < -0.4 is 5.32 Å². The number of carbonyl (C=O) groups excluding carboxylic acids is 1. The summed E-state index contributed by atoms with van der Waals surface area (Å²) >= 11 is 13.8. The molecule has 1 amide bonds. The van der Waals surface area contributed by atoms with Crippen LogP contribution in [0.3, 0.4) is 0 Å². The highest BCUT2D eigenvalue weighted by Gasteiger charge is 2.63. The van der Waals surface area contributed by atoms with Crippen LogP contribution >= 0.6 is 23.2 Å². The average Bonchev–Trinajstić information content (AvgIpc) is 2.50. The second kappa shape index (κ2) is 6.03. The van der Waals surface area contributed by atoms with Gasteiger partial charge in [0.05, 0.1) is 10.9 Å². The minimum Gasteiger partial charge on any atom is -0.341 e. The average molecular weight is 406 g/mol. The molecule has 0 radical (unpaired) electrons. The summed E-state index contributed by atoms with van der Waals surface area (Å²) < 4.78 is 38.8. The van der Waals surface area contributed by atoms with Gasteiger partial charge in [0.15, 0.2) is 0 Å². The zero-order valence-corrected chi connectivity index (χ0v) is 15.5. The fourth-order valence-corrected chi connectivity index (χ4v) is 7.33. The zero-order valence-electron chi connectivity index (χ0n) is 14.0. The van der Waals surface area contributed by atoms with Crippen molar-refractivity contribution in [3.8, 4) is 0 Å². The second-order valence-electron chi connectivity index (χ2n) is 8.22. The maximum Gasteiger partial charge on any atom is 0.471 e. The van der Waals surface area contributed by atoms with Gasteiger partial charge in [-0.15, -0.1) is 23.2 Å². The van der Waals surface area contributed by atoms with E-state index in [9.17, 15) is 18.0 Å². The summed E-state index contributed by atoms with van der Waals surface area (Å²) in [7, 11) is 0. The maximum absolute atomic E-state index is 12.9. The van der Waals surface area contributed by atoms with Crippen LogP contribution in [-0.2, 0) is 4.79 Å². The van der Waals surface area contributed by atoms with Crippen molar-refractivity contribution in [1.29, 1.82) is 0 Å². The number of benzene rings is 1. The third-order valence-electron chi connectivity index (χ3n) is 6.32. The first-order chi connectivity index (χ1) is 12.1. The Morgan fingerprint density at radius 2 is 1.85 bits per heavy atom. The van der Waals surface area contributed by atoms with Crippen LogP contribution in [0.2, 0.25) is 0 Å². The number of amides is 1. The molecule has 6 atom stereocenters. The fraction of sp³-hybridized carbons (Fsp3) is 0.632. The number of rotatable bonds is 3. The Hall–Kier alpha value is -0.940. The molecule has 4 aliphatic carbocycles. The molecule has 4 fully saturated rings. The topological polar surface area (TPSA) is 29.1 Å². The monoisotopic (exact) mass is 405 g/mol. The van der Waals surface area contributed by atoms with Gasteiger partial charge in [0, 0.05) is 10.8 Å². The third-order valence-corrected chi connectivity index (χ3v) is 7.31. The first-order valence-electron chi connectivity index (χ1n) is 8.90. The third kappa shape index (κ3) is 3.11. The Kier molecular flexibility index (Phi) is 4.27. The summed E-state index contributed by atoms with van der Waals surface area (Å²) in [5, 5.41) is 2.25. The minimum absolute atomic E-state index is 0.116. The zero-order chi connectivity index (χ0) is 18.7. The van der Waals surface area contributed by atoms with Gasteiger partial charge in [-0.05, 0) is 49.5 Å². The van der Waals surface area contributed by atoms with Gasteiger partial charge in [0.2, 0.25) is 0 Å². The van der Waals surface area contributed by atoms with E-state index in [0.717, 1.165) is 25.7 Å². The van der Waals surface area contributed by atoms with Crippen LogP contribution in [0, 0.1) is 17.8 Å². The maximum atomic E-state index is 12.9. The predicted molar refractivity (Wildman–Crippen MR) is 94.1 cm³/mol. The quantitative estimate of drug-likeness (QED) is 0.687. The first-order valence-corrected chi connectivity index (χ1v) is 9.66. The summed E-state index contributed by atoms with van der Waals surface area (Å²) in [5.41, 5.74) is 0.659. The van der Waals surface area contributed by atoms with Crippen LogP contribution in [0.1, 0.15) is 43.7 Å². The molecular formula is C19H20Cl2F3NO. The molecule has 2 nitrogen and oxygen atoms in total. The minimum atomic E-state index is -4.92. The molecule has 0 aliphatic heterocycles. The van der Waals surface area contributed by atoms with Crippen molar-refractivity contribution in [3.63, 3.8) is 0 Å². The van der Waals surface area contributed by atoms with Crippen molar-refractivity contribution in [1.82, 2.24) is 5.32 Å². The largest absolute Gasteiger partial charge is 0.471 e. The molecule has 0 saturated heterocycles. The lowest BCUT2D eigenvalue weighted by Gasteiger charge is -2.63. The fourth-order valence-electron chi connectivity index (χ4n) is 5.83. The number of halogens is 5. The number of alkyl halides is 5. The normalized spacial score (nSPS) is 39.7. The van der Waals surface area contributed by atoms with Crippen molar-refractivity contribution in [3.05, 3.63) is 35.9 Å². The molecule has 0 spiro atoms. The van der Waals surface area contributed by atoms with Gasteiger partial charge in [-0.2, -0.15) is 13.2 Å². The van der Waals surface area contributed by atoms with E-state index in [-0.39, 0.29) is 16.7 Å². The first kappa shape index (κ1) is 18.4. The van der Waals surface area contributed by atoms with E-state index < -0.39 is 23.0 Å². The SMILES string of the molecule is O=C(N[C@@H](c1ccccc1)[C@H]1C2CC3C[C@](Cl)(C2)C[C@@]1(Cl)C3)C(F)(F)F. The van der Waals surface area contributed by atoms with Crippen molar-refractivity contribution < 1.29 is 18.0 Å². The van der Waals surface area contributed by atoms with Gasteiger partial charge in [0.25, 0.3) is 0 Å². The highest BCUT2D eigenvalue weighted by Crippen LogP contribution is 2.66. The van der Waals surface area contributed by atoms with Crippen LogP contribution in [0.4, 0.5) is 13.2 Å². The van der Waals surface area contributed by atoms with E-state index in [0.29, 0.717) is 17.9 Å². The van der Waals surface area contributed by atoms with E-state index in [2.05, 4.69) is 5.32 Å². The molecular weight excluding hydrogens is 386 g/mol. The van der Waals surface area contributed by atoms with E-state index in [1.807, 2.05) is 0 Å². The van der Waals surface area contributed by atoms with Gasteiger partial charge < -0.3 is 5.32 Å². The number of hydrogen-bond acceptors (Lipinski definition) is 1. The Morgan fingerprint density at radius 1 is 1.15 bits per heavy atom. The molecule has 1 aromatic carbocycles. The highest BCUT2D eigenvalue weighted by molar-refractivity contribution is 6.28. The van der Waals surface area contributed by atoms with Crippen LogP contribution in [0.25, 0.3) is 0 Å². The van der Waals surface area contributed by atoms with Gasteiger partial charge in [0.1, 0.15) is 0 Å². The van der Waals surface area contributed by atoms with E-state index in [1.54, 1.807) is 30.3 Å². The Balaban J connectivity index is 1.71. The molecule has 4 saturated carbocycles.